The summed E-state index contributed by atoms with van der Waals surface area (Å²) in [5.74, 6) is 0.947. The molecule has 0 aliphatic rings. The molecule has 0 bridgehead atoms. The van der Waals surface area contributed by atoms with Crippen LogP contribution in [-0.2, 0) is 19.4 Å². The van der Waals surface area contributed by atoms with Crippen LogP contribution in [0.5, 0.6) is 5.75 Å². The number of fused-ring (bicyclic) bond motifs is 3. The second-order valence-corrected chi connectivity index (χ2v) is 13.6. The van der Waals surface area contributed by atoms with E-state index >= 15 is 0 Å². The molecular formula is C33H25I2OS+. The summed E-state index contributed by atoms with van der Waals surface area (Å²) in [5, 5.41) is 2.71. The van der Waals surface area contributed by atoms with Gasteiger partial charge in [0.25, 0.3) is 0 Å². The summed E-state index contributed by atoms with van der Waals surface area (Å²) in [6, 6.07) is 42.1. The third kappa shape index (κ3) is 5.56. The zero-order valence-corrected chi connectivity index (χ0v) is 25.3. The molecule has 0 radical (unpaired) electrons. The first-order chi connectivity index (χ1) is 18.1. The molecule has 0 unspecified atom stereocenters. The van der Waals surface area contributed by atoms with Crippen LogP contribution in [0.3, 0.4) is 0 Å². The Kier molecular flexibility index (Phi) is 7.49. The van der Waals surface area contributed by atoms with Crippen LogP contribution in [0.1, 0.15) is 16.7 Å². The van der Waals surface area contributed by atoms with Crippen molar-refractivity contribution in [1.29, 1.82) is 0 Å². The molecule has 0 atom stereocenters. The van der Waals surface area contributed by atoms with Gasteiger partial charge in [-0.05, 0) is 129 Å². The summed E-state index contributed by atoms with van der Waals surface area (Å²) in [6.07, 6.45) is 1.99. The lowest BCUT2D eigenvalue weighted by atomic mass is 10.0. The van der Waals surface area contributed by atoms with E-state index in [1.54, 1.807) is 0 Å². The molecule has 0 saturated heterocycles. The molecule has 6 rings (SSSR count). The third-order valence-electron chi connectivity index (χ3n) is 6.61. The molecule has 182 valence electrons. The molecule has 0 aliphatic carbocycles. The minimum absolute atomic E-state index is 0.145. The van der Waals surface area contributed by atoms with Crippen molar-refractivity contribution in [1.82, 2.24) is 0 Å². The van der Waals surface area contributed by atoms with Crippen LogP contribution in [0.4, 0.5) is 0 Å². The van der Waals surface area contributed by atoms with Crippen molar-refractivity contribution < 1.29 is 4.74 Å². The van der Waals surface area contributed by atoms with E-state index in [0.29, 0.717) is 6.61 Å². The molecule has 0 N–H and O–H groups in total. The lowest BCUT2D eigenvalue weighted by Crippen LogP contribution is -1.98. The van der Waals surface area contributed by atoms with E-state index in [2.05, 4.69) is 160 Å². The van der Waals surface area contributed by atoms with Gasteiger partial charge in [-0.1, -0.05) is 48.5 Å². The summed E-state index contributed by atoms with van der Waals surface area (Å²) in [5.41, 5.74) is 3.87. The molecule has 0 aliphatic heterocycles. The van der Waals surface area contributed by atoms with E-state index in [-0.39, 0.29) is 10.5 Å². The van der Waals surface area contributed by atoms with Gasteiger partial charge in [-0.3, -0.25) is 0 Å². The summed E-state index contributed by atoms with van der Waals surface area (Å²) in [4.78, 5) is 1.33. The van der Waals surface area contributed by atoms with Gasteiger partial charge in [-0.15, -0.1) is 0 Å². The summed E-state index contributed by atoms with van der Waals surface area (Å²) >= 11 is 4.71. The highest BCUT2D eigenvalue weighted by molar-refractivity contribution is 14.1. The second kappa shape index (κ2) is 11.1. The van der Waals surface area contributed by atoms with E-state index in [9.17, 15) is 0 Å². The summed E-state index contributed by atoms with van der Waals surface area (Å²) in [6.45, 7) is 0.567. The van der Waals surface area contributed by atoms with Crippen molar-refractivity contribution in [3.8, 4) is 10.6 Å². The zero-order chi connectivity index (χ0) is 25.2. The maximum Gasteiger partial charge on any atom is 0.187 e. The molecule has 0 saturated carbocycles. The molecular weight excluding hydrogens is 698 g/mol. The molecule has 0 spiro atoms. The second-order valence-electron chi connectivity index (χ2n) is 9.15. The van der Waals surface area contributed by atoms with Gasteiger partial charge in [0.05, 0.1) is 0 Å². The lowest BCUT2D eigenvalue weighted by molar-refractivity contribution is 0.306. The van der Waals surface area contributed by atoms with Crippen molar-refractivity contribution in [2.45, 2.75) is 19.4 Å². The fraction of sp³-hybridized carbons (Fsp3) is 0.0909. The van der Waals surface area contributed by atoms with Crippen molar-refractivity contribution in [3.05, 3.63) is 139 Å². The zero-order valence-electron chi connectivity index (χ0n) is 20.2. The number of rotatable bonds is 7. The quantitative estimate of drug-likeness (QED) is 0.118. The number of benzene rings is 5. The number of halogens is 2. The first kappa shape index (κ1) is 24.9. The minimum atomic E-state index is -0.145. The predicted molar refractivity (Wildman–Crippen MR) is 175 cm³/mol. The SMILES string of the molecule is Ic1ccc(CCc2cc(OCc3ccc(I)cc3)cc(-[s+]3c4ccccc4c4ccccc43)c2)cc1. The van der Waals surface area contributed by atoms with Gasteiger partial charge in [-0.2, -0.15) is 0 Å². The molecule has 4 heteroatoms. The highest BCUT2D eigenvalue weighted by Crippen LogP contribution is 2.49. The lowest BCUT2D eigenvalue weighted by Gasteiger charge is -2.10. The summed E-state index contributed by atoms with van der Waals surface area (Å²) < 4.78 is 11.7. The number of aryl methyl sites for hydroxylation is 2. The van der Waals surface area contributed by atoms with Gasteiger partial charge >= 0.3 is 0 Å². The Balaban J connectivity index is 1.41. The number of hydrogen-bond donors (Lipinski definition) is 0. The van der Waals surface area contributed by atoms with Crippen LogP contribution in [-0.4, -0.2) is 0 Å². The number of hydrogen-bond acceptors (Lipinski definition) is 1. The van der Waals surface area contributed by atoms with Crippen molar-refractivity contribution in [2.75, 3.05) is 0 Å². The minimum Gasteiger partial charge on any atom is -0.489 e. The molecule has 0 amide bonds. The van der Waals surface area contributed by atoms with Gasteiger partial charge in [0.2, 0.25) is 0 Å². The molecule has 1 heterocycles. The number of ether oxygens (including phenoxy) is 1. The Morgan fingerprint density at radius 2 is 1.08 bits per heavy atom. The Morgan fingerprint density at radius 3 is 1.70 bits per heavy atom. The average molecular weight is 723 g/mol. The Labute approximate surface area is 247 Å². The van der Waals surface area contributed by atoms with E-state index in [1.807, 2.05) is 0 Å². The monoisotopic (exact) mass is 723 g/mol. The normalized spacial score (nSPS) is 11.3. The third-order valence-corrected chi connectivity index (χ3v) is 10.4. The Morgan fingerprint density at radius 1 is 0.541 bits per heavy atom. The average Bonchev–Trinajstić information content (AvgIpc) is 3.27. The molecule has 37 heavy (non-hydrogen) atoms. The van der Waals surface area contributed by atoms with E-state index in [0.717, 1.165) is 18.6 Å². The van der Waals surface area contributed by atoms with Crippen molar-refractivity contribution in [2.24, 2.45) is 0 Å². The van der Waals surface area contributed by atoms with Crippen LogP contribution in [0.25, 0.3) is 25.1 Å². The van der Waals surface area contributed by atoms with Gasteiger partial charge in [-0.25, -0.2) is 0 Å². The van der Waals surface area contributed by atoms with Crippen molar-refractivity contribution in [3.63, 3.8) is 0 Å². The maximum absolute atomic E-state index is 6.42. The van der Waals surface area contributed by atoms with Crippen LogP contribution in [0, 0.1) is 7.14 Å². The Hall–Kier alpha value is -2.42. The highest BCUT2D eigenvalue weighted by atomic mass is 127. The fourth-order valence-electron chi connectivity index (χ4n) is 4.77. The predicted octanol–water partition coefficient (Wildman–Crippen LogP) is 10.3. The molecule has 1 nitrogen and oxygen atoms in total. The van der Waals surface area contributed by atoms with Gasteiger partial charge in [0.1, 0.15) is 12.4 Å². The van der Waals surface area contributed by atoms with E-state index in [4.69, 9.17) is 4.74 Å². The smallest absolute Gasteiger partial charge is 0.187 e. The van der Waals surface area contributed by atoms with Crippen LogP contribution in [0.2, 0.25) is 0 Å². The molecule has 6 aromatic rings. The van der Waals surface area contributed by atoms with Crippen LogP contribution >= 0.6 is 55.7 Å². The Bertz CT molecular complexity index is 1560. The molecule has 1 aromatic heterocycles. The highest BCUT2D eigenvalue weighted by Gasteiger charge is 2.24. The van der Waals surface area contributed by atoms with Crippen molar-refractivity contribution >= 4 is 75.8 Å². The fourth-order valence-corrected chi connectivity index (χ4v) is 7.96. The van der Waals surface area contributed by atoms with Gasteiger partial charge in [0, 0.05) is 40.5 Å². The maximum atomic E-state index is 6.42. The topological polar surface area (TPSA) is 9.23 Å². The number of thiophene rings is 1. The van der Waals surface area contributed by atoms with Gasteiger partial charge in [0.15, 0.2) is 14.3 Å². The van der Waals surface area contributed by atoms with Gasteiger partial charge < -0.3 is 4.74 Å². The van der Waals surface area contributed by atoms with E-state index in [1.165, 1.54) is 48.9 Å². The standard InChI is InChI=1S/C33H25I2OS/c34-26-15-11-23(12-16-26)9-10-25-19-28(36-22-24-13-17-27(35)18-14-24)21-29(20-25)37-32-7-3-1-5-30(32)31-6-2-4-8-33(31)37/h1-8,11-21H,9-10,22H2/q+1. The molecule has 5 aromatic carbocycles. The first-order valence-corrected chi connectivity index (χ1v) is 15.7. The first-order valence-electron chi connectivity index (χ1n) is 12.3. The summed E-state index contributed by atoms with van der Waals surface area (Å²) in [7, 11) is -0.145. The largest absolute Gasteiger partial charge is 0.489 e. The van der Waals surface area contributed by atoms with Crippen LogP contribution in [0.15, 0.2) is 115 Å². The van der Waals surface area contributed by atoms with E-state index < -0.39 is 0 Å². The van der Waals surface area contributed by atoms with Crippen LogP contribution < -0.4 is 4.74 Å². The molecule has 0 fully saturated rings.